The monoisotopic (exact) mass is 316 g/mol. The summed E-state index contributed by atoms with van der Waals surface area (Å²) in [5, 5.41) is 12.0. The van der Waals surface area contributed by atoms with Crippen LogP contribution in [0.2, 0.25) is 0 Å². The van der Waals surface area contributed by atoms with Crippen molar-refractivity contribution < 1.29 is 24.2 Å². The van der Waals surface area contributed by atoms with Crippen molar-refractivity contribution in [2.24, 2.45) is 4.99 Å². The minimum Gasteiger partial charge on any atom is -0.511 e. The molecule has 0 unspecified atom stereocenters. The number of nitrogens with one attached hydrogen (secondary N) is 1. The summed E-state index contributed by atoms with van der Waals surface area (Å²) in [6.45, 7) is 3.52. The summed E-state index contributed by atoms with van der Waals surface area (Å²) < 4.78 is 4.86. The van der Waals surface area contributed by atoms with Gasteiger partial charge in [0.05, 0.1) is 23.4 Å². The van der Waals surface area contributed by atoms with Crippen LogP contribution in [-0.2, 0) is 9.53 Å². The highest BCUT2D eigenvalue weighted by molar-refractivity contribution is 6.21. The number of carbonyl (C=O) groups excluding carboxylic acids is 3. The van der Waals surface area contributed by atoms with Crippen molar-refractivity contribution in [1.82, 2.24) is 5.32 Å². The second kappa shape index (κ2) is 6.87. The molecule has 2 N–H and O–H groups in total. The van der Waals surface area contributed by atoms with Crippen LogP contribution in [0.4, 0.5) is 5.69 Å². The summed E-state index contributed by atoms with van der Waals surface area (Å²) in [5.41, 5.74) is 0.840. The zero-order chi connectivity index (χ0) is 17.0. The van der Waals surface area contributed by atoms with Gasteiger partial charge in [-0.15, -0.1) is 0 Å². The molecule has 0 radical (unpaired) electrons. The van der Waals surface area contributed by atoms with Crippen molar-refractivity contribution >= 4 is 29.7 Å². The molecular weight excluding hydrogens is 300 g/mol. The van der Waals surface area contributed by atoms with Crippen LogP contribution in [0, 0.1) is 0 Å². The van der Waals surface area contributed by atoms with E-state index in [1.54, 1.807) is 19.9 Å². The Morgan fingerprint density at radius 3 is 2.61 bits per heavy atom. The largest absolute Gasteiger partial charge is 0.511 e. The molecule has 0 spiro atoms. The third-order valence-corrected chi connectivity index (χ3v) is 3.20. The van der Waals surface area contributed by atoms with Gasteiger partial charge in [0.2, 0.25) is 0 Å². The average molecular weight is 316 g/mol. The molecule has 23 heavy (non-hydrogen) atoms. The molecule has 0 saturated heterocycles. The second-order valence-corrected chi connectivity index (χ2v) is 4.71. The van der Waals surface area contributed by atoms with Crippen LogP contribution in [0.5, 0.6) is 0 Å². The van der Waals surface area contributed by atoms with Crippen LogP contribution in [0.1, 0.15) is 41.0 Å². The maximum atomic E-state index is 11.8. The number of allylic oxidation sites excluding steroid dienone is 1. The molecule has 0 bridgehead atoms. The number of carbonyl (C=O) groups is 3. The maximum absolute atomic E-state index is 11.8. The van der Waals surface area contributed by atoms with Crippen LogP contribution in [0.3, 0.4) is 0 Å². The van der Waals surface area contributed by atoms with Crippen molar-refractivity contribution in [3.63, 3.8) is 0 Å². The van der Waals surface area contributed by atoms with Crippen LogP contribution in [0.15, 0.2) is 34.5 Å². The number of aliphatic hydroxyl groups is 1. The molecule has 1 aromatic carbocycles. The van der Waals surface area contributed by atoms with E-state index in [-0.39, 0.29) is 35.5 Å². The first-order valence-electron chi connectivity index (χ1n) is 7.11. The molecule has 1 aliphatic heterocycles. The van der Waals surface area contributed by atoms with Crippen molar-refractivity contribution in [2.45, 2.75) is 20.3 Å². The van der Waals surface area contributed by atoms with Gasteiger partial charge in [-0.25, -0.2) is 4.79 Å². The minimum atomic E-state index is -0.676. The fraction of sp³-hybridized carbons (Fsp3) is 0.250. The zero-order valence-corrected chi connectivity index (χ0v) is 12.8. The van der Waals surface area contributed by atoms with Gasteiger partial charge >= 0.3 is 5.97 Å². The van der Waals surface area contributed by atoms with E-state index in [9.17, 15) is 19.5 Å². The summed E-state index contributed by atoms with van der Waals surface area (Å²) in [4.78, 5) is 39.0. The van der Waals surface area contributed by atoms with Gasteiger partial charge in [0.1, 0.15) is 11.3 Å². The van der Waals surface area contributed by atoms with Crippen molar-refractivity contribution in [2.75, 3.05) is 6.61 Å². The highest BCUT2D eigenvalue weighted by Gasteiger charge is 2.26. The number of nitrogens with zero attached hydrogens (tertiary/aromatic N) is 1. The number of hydrogen-bond donors (Lipinski definition) is 2. The summed E-state index contributed by atoms with van der Waals surface area (Å²) in [6.07, 6.45) is 1.44. The minimum absolute atomic E-state index is 0.0459. The van der Waals surface area contributed by atoms with Gasteiger partial charge in [-0.1, -0.05) is 6.92 Å². The number of benzene rings is 1. The second-order valence-electron chi connectivity index (χ2n) is 4.71. The van der Waals surface area contributed by atoms with Crippen molar-refractivity contribution in [3.05, 3.63) is 40.7 Å². The average Bonchev–Trinajstić information content (AvgIpc) is 2.82. The van der Waals surface area contributed by atoms with Crippen LogP contribution in [0.25, 0.3) is 0 Å². The number of fused-ring (bicyclic) bond motifs is 1. The predicted molar refractivity (Wildman–Crippen MR) is 83.0 cm³/mol. The van der Waals surface area contributed by atoms with E-state index in [1.165, 1.54) is 18.3 Å². The lowest BCUT2D eigenvalue weighted by Crippen LogP contribution is -2.19. The number of imide groups is 1. The third kappa shape index (κ3) is 3.45. The number of rotatable bonds is 5. The molecule has 0 saturated carbocycles. The molecule has 2 rings (SSSR count). The summed E-state index contributed by atoms with van der Waals surface area (Å²) >= 11 is 0. The Morgan fingerprint density at radius 1 is 1.26 bits per heavy atom. The predicted octanol–water partition coefficient (Wildman–Crippen LogP) is 2.06. The molecule has 0 aliphatic carbocycles. The van der Waals surface area contributed by atoms with Gasteiger partial charge in [-0.05, 0) is 25.1 Å². The van der Waals surface area contributed by atoms with Crippen LogP contribution >= 0.6 is 0 Å². The Morgan fingerprint density at radius 2 is 1.96 bits per heavy atom. The Labute approximate surface area is 132 Å². The molecule has 1 heterocycles. The van der Waals surface area contributed by atoms with E-state index in [4.69, 9.17) is 4.74 Å². The van der Waals surface area contributed by atoms with E-state index < -0.39 is 17.8 Å². The number of amides is 2. The standard InChI is InChI=1S/C16H16N2O5/c1-3-13(19)12(16(22)23-4-2)8-17-9-5-6-10-11(7-9)15(21)18-14(10)20/h5-8,19H,3-4H2,1-2H3,(H,18,20,21)/b13-12+,17-8?. The zero-order valence-electron chi connectivity index (χ0n) is 12.8. The van der Waals surface area contributed by atoms with Crippen molar-refractivity contribution in [1.29, 1.82) is 0 Å². The number of ether oxygens (including phenoxy) is 1. The lowest BCUT2D eigenvalue weighted by atomic mass is 10.1. The number of aliphatic imine (C=N–C) groups is 1. The van der Waals surface area contributed by atoms with Crippen LogP contribution in [-0.4, -0.2) is 35.7 Å². The Balaban J connectivity index is 2.31. The molecule has 2 amide bonds. The summed E-state index contributed by atoms with van der Waals surface area (Å²) in [5.74, 6) is -1.75. The van der Waals surface area contributed by atoms with E-state index in [2.05, 4.69) is 10.3 Å². The third-order valence-electron chi connectivity index (χ3n) is 3.20. The molecule has 7 nitrogen and oxygen atoms in total. The Kier molecular flexibility index (Phi) is 4.90. The molecule has 1 aliphatic rings. The first-order valence-corrected chi connectivity index (χ1v) is 7.11. The lowest BCUT2D eigenvalue weighted by Gasteiger charge is -2.05. The molecular formula is C16H16N2O5. The highest BCUT2D eigenvalue weighted by Crippen LogP contribution is 2.22. The van der Waals surface area contributed by atoms with E-state index >= 15 is 0 Å². The fourth-order valence-corrected chi connectivity index (χ4v) is 2.02. The van der Waals surface area contributed by atoms with Gasteiger partial charge < -0.3 is 9.84 Å². The first-order chi connectivity index (χ1) is 11.0. The highest BCUT2D eigenvalue weighted by atomic mass is 16.5. The topological polar surface area (TPSA) is 105 Å². The van der Waals surface area contributed by atoms with Gasteiger partial charge in [0.25, 0.3) is 11.8 Å². The molecule has 1 aromatic rings. The Hall–Kier alpha value is -2.96. The summed E-state index contributed by atoms with van der Waals surface area (Å²) in [6, 6.07) is 4.47. The van der Waals surface area contributed by atoms with E-state index in [1.807, 2.05) is 0 Å². The SMILES string of the molecule is CCOC(=O)/C(C=Nc1ccc2c(c1)C(=O)NC2=O)=C(/O)CC. The Bertz CT molecular complexity index is 734. The lowest BCUT2D eigenvalue weighted by molar-refractivity contribution is -0.138. The van der Waals surface area contributed by atoms with Gasteiger partial charge in [0.15, 0.2) is 0 Å². The summed E-state index contributed by atoms with van der Waals surface area (Å²) in [7, 11) is 0. The maximum Gasteiger partial charge on any atom is 0.343 e. The number of aliphatic hydroxyl groups excluding tert-OH is 1. The molecule has 0 fully saturated rings. The van der Waals surface area contributed by atoms with E-state index in [0.29, 0.717) is 5.69 Å². The quantitative estimate of drug-likeness (QED) is 0.284. The van der Waals surface area contributed by atoms with Crippen LogP contribution < -0.4 is 5.32 Å². The van der Waals surface area contributed by atoms with Crippen molar-refractivity contribution in [3.8, 4) is 0 Å². The molecule has 7 heteroatoms. The fourth-order valence-electron chi connectivity index (χ4n) is 2.02. The molecule has 120 valence electrons. The molecule has 0 atom stereocenters. The smallest absolute Gasteiger partial charge is 0.343 e. The van der Waals surface area contributed by atoms with Gasteiger partial charge in [0, 0.05) is 12.6 Å². The van der Waals surface area contributed by atoms with Gasteiger partial charge in [-0.3, -0.25) is 19.9 Å². The normalized spacial score (nSPS) is 14.5. The molecule has 0 aromatic heterocycles. The number of hydrogen-bond acceptors (Lipinski definition) is 6. The first kappa shape index (κ1) is 16.4. The van der Waals surface area contributed by atoms with E-state index in [0.717, 1.165) is 0 Å². The number of esters is 1. The van der Waals surface area contributed by atoms with Gasteiger partial charge in [-0.2, -0.15) is 0 Å².